The maximum atomic E-state index is 13.3. The van der Waals surface area contributed by atoms with Crippen LogP contribution in [0.3, 0.4) is 0 Å². The molecule has 4 rings (SSSR count). The number of hydrogen-bond donors (Lipinski definition) is 1. The van der Waals surface area contributed by atoms with E-state index in [2.05, 4.69) is 31.0 Å². The number of fused-ring (bicyclic) bond motifs is 1. The molecule has 0 saturated carbocycles. The van der Waals surface area contributed by atoms with Crippen LogP contribution in [0.2, 0.25) is 5.02 Å². The largest absolute Gasteiger partial charge is 0.494 e. The third-order valence-corrected chi connectivity index (χ3v) is 6.89. The summed E-state index contributed by atoms with van der Waals surface area (Å²) < 4.78 is 5.42. The molecule has 4 amide bonds. The zero-order chi connectivity index (χ0) is 24.8. The van der Waals surface area contributed by atoms with Crippen LogP contribution in [0.1, 0.15) is 51.2 Å². The number of benzene rings is 2. The van der Waals surface area contributed by atoms with Crippen LogP contribution in [-0.4, -0.2) is 37.0 Å². The van der Waals surface area contributed by atoms with Crippen molar-refractivity contribution in [2.24, 2.45) is 0 Å². The van der Waals surface area contributed by atoms with Gasteiger partial charge in [-0.15, -0.1) is 0 Å². The number of carbonyl (C=O) groups excluding carboxylic acids is 3. The number of barbiturate groups is 1. The van der Waals surface area contributed by atoms with Crippen LogP contribution in [-0.2, 0) is 9.59 Å². The molecule has 2 aliphatic rings. The molecule has 1 unspecified atom stereocenters. The van der Waals surface area contributed by atoms with Gasteiger partial charge in [0.1, 0.15) is 11.3 Å². The predicted molar refractivity (Wildman–Crippen MR) is 134 cm³/mol. The molecule has 178 valence electrons. The van der Waals surface area contributed by atoms with Crippen molar-refractivity contribution in [3.05, 3.63) is 58.1 Å². The van der Waals surface area contributed by atoms with Crippen LogP contribution in [0.5, 0.6) is 5.75 Å². The fourth-order valence-corrected chi connectivity index (χ4v) is 4.83. The normalized spacial score (nSPS) is 20.9. The summed E-state index contributed by atoms with van der Waals surface area (Å²) in [5.74, 6) is -0.574. The second-order valence-electron chi connectivity index (χ2n) is 9.29. The Morgan fingerprint density at radius 2 is 1.85 bits per heavy atom. The van der Waals surface area contributed by atoms with E-state index in [0.717, 1.165) is 22.6 Å². The number of imide groups is 2. The molecule has 0 aromatic heterocycles. The van der Waals surface area contributed by atoms with Crippen molar-refractivity contribution in [2.45, 2.75) is 45.6 Å². The molecule has 1 saturated heterocycles. The number of anilines is 2. The van der Waals surface area contributed by atoms with E-state index < -0.39 is 17.8 Å². The number of halogens is 1. The SMILES string of the molecule is CCOc1ccc(N2C(=O)NC(=O)/C(=C\c3cc4c(cc3Cl)N(C)C(C)(C)CC4C)C2=O)cc1. The van der Waals surface area contributed by atoms with Crippen molar-refractivity contribution in [3.63, 3.8) is 0 Å². The third kappa shape index (κ3) is 4.16. The molecule has 2 aliphatic heterocycles. The minimum absolute atomic E-state index is 0.0203. The van der Waals surface area contributed by atoms with Crippen molar-refractivity contribution < 1.29 is 19.1 Å². The van der Waals surface area contributed by atoms with Crippen LogP contribution in [0.15, 0.2) is 42.0 Å². The lowest BCUT2D eigenvalue weighted by atomic mass is 9.80. The van der Waals surface area contributed by atoms with E-state index in [-0.39, 0.29) is 17.0 Å². The van der Waals surface area contributed by atoms with Gasteiger partial charge in [-0.25, -0.2) is 9.69 Å². The van der Waals surface area contributed by atoms with Crippen molar-refractivity contribution in [3.8, 4) is 5.75 Å². The number of amides is 4. The molecule has 0 aliphatic carbocycles. The minimum atomic E-state index is -0.801. The van der Waals surface area contributed by atoms with Gasteiger partial charge >= 0.3 is 6.03 Å². The van der Waals surface area contributed by atoms with Gasteiger partial charge in [-0.05, 0) is 86.7 Å². The Morgan fingerprint density at radius 1 is 1.18 bits per heavy atom. The topological polar surface area (TPSA) is 79.0 Å². The highest BCUT2D eigenvalue weighted by molar-refractivity contribution is 6.40. The summed E-state index contributed by atoms with van der Waals surface area (Å²) in [7, 11) is 2.04. The van der Waals surface area contributed by atoms with Crippen molar-refractivity contribution in [1.82, 2.24) is 5.32 Å². The summed E-state index contributed by atoms with van der Waals surface area (Å²) in [6.07, 6.45) is 2.41. The first-order valence-corrected chi connectivity index (χ1v) is 11.6. The molecule has 7 nitrogen and oxygen atoms in total. The molecule has 2 aromatic carbocycles. The van der Waals surface area contributed by atoms with E-state index in [0.29, 0.717) is 28.6 Å². The van der Waals surface area contributed by atoms with Gasteiger partial charge < -0.3 is 9.64 Å². The van der Waals surface area contributed by atoms with E-state index in [9.17, 15) is 14.4 Å². The number of carbonyl (C=O) groups is 3. The molecule has 2 heterocycles. The summed E-state index contributed by atoms with van der Waals surface area (Å²) in [5, 5.41) is 2.68. The lowest BCUT2D eigenvalue weighted by Crippen LogP contribution is -2.54. The van der Waals surface area contributed by atoms with E-state index in [1.54, 1.807) is 24.3 Å². The molecule has 34 heavy (non-hydrogen) atoms. The number of nitrogens with zero attached hydrogens (tertiary/aromatic N) is 2. The van der Waals surface area contributed by atoms with Crippen LogP contribution >= 0.6 is 11.6 Å². The molecular formula is C26H28ClN3O4. The van der Waals surface area contributed by atoms with Crippen molar-refractivity contribution >= 4 is 46.9 Å². The van der Waals surface area contributed by atoms with E-state index >= 15 is 0 Å². The Kier molecular flexibility index (Phi) is 6.16. The highest BCUT2D eigenvalue weighted by atomic mass is 35.5. The monoisotopic (exact) mass is 481 g/mol. The summed E-state index contributed by atoms with van der Waals surface area (Å²) in [4.78, 5) is 41.5. The zero-order valence-corrected chi connectivity index (χ0v) is 20.7. The molecule has 0 radical (unpaired) electrons. The van der Waals surface area contributed by atoms with Gasteiger partial charge in [0, 0.05) is 23.3 Å². The summed E-state index contributed by atoms with van der Waals surface area (Å²) in [5.41, 5.74) is 2.83. The number of hydrogen-bond acceptors (Lipinski definition) is 5. The van der Waals surface area contributed by atoms with Gasteiger partial charge in [-0.2, -0.15) is 0 Å². The van der Waals surface area contributed by atoms with E-state index in [4.69, 9.17) is 16.3 Å². The average molecular weight is 482 g/mol. The second kappa shape index (κ2) is 8.80. The first-order valence-electron chi connectivity index (χ1n) is 11.2. The highest BCUT2D eigenvalue weighted by Crippen LogP contribution is 2.44. The van der Waals surface area contributed by atoms with Crippen LogP contribution in [0.4, 0.5) is 16.2 Å². The Balaban J connectivity index is 1.72. The van der Waals surface area contributed by atoms with Crippen molar-refractivity contribution in [1.29, 1.82) is 0 Å². The molecule has 0 bridgehead atoms. The van der Waals surface area contributed by atoms with Gasteiger partial charge in [-0.3, -0.25) is 14.9 Å². The van der Waals surface area contributed by atoms with E-state index in [1.165, 1.54) is 6.08 Å². The van der Waals surface area contributed by atoms with Crippen LogP contribution in [0, 0.1) is 0 Å². The molecule has 0 spiro atoms. The molecule has 8 heteroatoms. The quantitative estimate of drug-likeness (QED) is 0.484. The molecule has 1 atom stereocenters. The number of ether oxygens (including phenoxy) is 1. The average Bonchev–Trinajstić information content (AvgIpc) is 2.76. The molecule has 1 N–H and O–H groups in total. The van der Waals surface area contributed by atoms with Gasteiger partial charge in [0.05, 0.1) is 12.3 Å². The highest BCUT2D eigenvalue weighted by Gasteiger charge is 2.38. The molecule has 1 fully saturated rings. The van der Waals surface area contributed by atoms with Gasteiger partial charge in [0.2, 0.25) is 0 Å². The van der Waals surface area contributed by atoms with Gasteiger partial charge in [0.15, 0.2) is 0 Å². The third-order valence-electron chi connectivity index (χ3n) is 6.56. The minimum Gasteiger partial charge on any atom is -0.494 e. The van der Waals surface area contributed by atoms with Crippen molar-refractivity contribution in [2.75, 3.05) is 23.5 Å². The first-order chi connectivity index (χ1) is 16.0. The maximum absolute atomic E-state index is 13.3. The number of rotatable bonds is 4. The standard InChI is InChI=1S/C26H28ClN3O4/c1-6-34-18-9-7-17(8-10-18)30-24(32)20(23(31)28-25(30)33)12-16-11-19-15(2)14-26(3,4)29(5)22(19)13-21(16)27/h7-13,15H,6,14H2,1-5H3,(H,28,31,33)/b20-12+. The fourth-order valence-electron chi connectivity index (χ4n) is 4.62. The van der Waals surface area contributed by atoms with Gasteiger partial charge in [0.25, 0.3) is 11.8 Å². The molecule has 2 aromatic rings. The fraction of sp³-hybridized carbons (Fsp3) is 0.346. The number of nitrogens with one attached hydrogen (secondary N) is 1. The Hall–Kier alpha value is -3.32. The van der Waals surface area contributed by atoms with Crippen LogP contribution in [0.25, 0.3) is 6.08 Å². The number of urea groups is 1. The predicted octanol–water partition coefficient (Wildman–Crippen LogP) is 5.13. The summed E-state index contributed by atoms with van der Waals surface area (Å²) in [6.45, 7) is 8.89. The Bertz CT molecular complexity index is 1200. The summed E-state index contributed by atoms with van der Waals surface area (Å²) in [6, 6.07) is 9.53. The molecular weight excluding hydrogens is 454 g/mol. The lowest BCUT2D eigenvalue weighted by Gasteiger charge is -2.45. The summed E-state index contributed by atoms with van der Waals surface area (Å²) >= 11 is 6.60. The Morgan fingerprint density at radius 3 is 2.50 bits per heavy atom. The van der Waals surface area contributed by atoms with Crippen LogP contribution < -0.4 is 19.9 Å². The smallest absolute Gasteiger partial charge is 0.335 e. The van der Waals surface area contributed by atoms with E-state index in [1.807, 2.05) is 26.1 Å². The Labute approximate surface area is 204 Å². The zero-order valence-electron chi connectivity index (χ0n) is 19.9. The maximum Gasteiger partial charge on any atom is 0.335 e. The second-order valence-corrected chi connectivity index (χ2v) is 9.70. The van der Waals surface area contributed by atoms with Gasteiger partial charge in [-0.1, -0.05) is 18.5 Å². The lowest BCUT2D eigenvalue weighted by molar-refractivity contribution is -0.122. The first kappa shape index (κ1) is 23.8.